The highest BCUT2D eigenvalue weighted by molar-refractivity contribution is 5.99. The van der Waals surface area contributed by atoms with E-state index in [0.29, 0.717) is 42.9 Å². The minimum Gasteiger partial charge on any atom is -0.490 e. The number of amides is 4. The van der Waals surface area contributed by atoms with Crippen LogP contribution in [0.1, 0.15) is 56.3 Å². The summed E-state index contributed by atoms with van der Waals surface area (Å²) < 4.78 is 12.1. The molecule has 32 heavy (non-hydrogen) atoms. The molecule has 2 aliphatic heterocycles. The van der Waals surface area contributed by atoms with Gasteiger partial charge in [-0.2, -0.15) is 0 Å². The number of anilines is 1. The monoisotopic (exact) mass is 446 g/mol. The molecular formula is C23H34N4O5. The SMILES string of the molecule is CCCNC(=O)C[C@H]1CC[C@@H]2[C@@H](COc3ccc(NC(=O)NCCC)cc3C(=O)N2C)O1. The predicted molar refractivity (Wildman–Crippen MR) is 121 cm³/mol. The van der Waals surface area contributed by atoms with E-state index in [4.69, 9.17) is 9.47 Å². The Morgan fingerprint density at radius 3 is 2.62 bits per heavy atom. The van der Waals surface area contributed by atoms with Crippen molar-refractivity contribution in [2.75, 3.05) is 32.1 Å². The van der Waals surface area contributed by atoms with Gasteiger partial charge in [-0.1, -0.05) is 13.8 Å². The number of ether oxygens (including phenoxy) is 2. The molecule has 0 aliphatic carbocycles. The van der Waals surface area contributed by atoms with Crippen molar-refractivity contribution in [1.29, 1.82) is 0 Å². The van der Waals surface area contributed by atoms with Crippen LogP contribution < -0.4 is 20.7 Å². The minimum absolute atomic E-state index is 0.0140. The van der Waals surface area contributed by atoms with Gasteiger partial charge in [-0.15, -0.1) is 0 Å². The van der Waals surface area contributed by atoms with Crippen molar-refractivity contribution in [2.45, 2.75) is 64.2 Å². The maximum absolute atomic E-state index is 13.2. The Balaban J connectivity index is 1.69. The van der Waals surface area contributed by atoms with Crippen molar-refractivity contribution in [2.24, 2.45) is 0 Å². The molecule has 2 aliphatic rings. The average molecular weight is 447 g/mol. The van der Waals surface area contributed by atoms with Crippen LogP contribution in [-0.4, -0.2) is 67.7 Å². The summed E-state index contributed by atoms with van der Waals surface area (Å²) in [4.78, 5) is 39.0. The summed E-state index contributed by atoms with van der Waals surface area (Å²) in [7, 11) is 1.76. The fourth-order valence-corrected chi connectivity index (χ4v) is 4.06. The zero-order chi connectivity index (χ0) is 23.1. The number of nitrogens with one attached hydrogen (secondary N) is 3. The van der Waals surface area contributed by atoms with E-state index in [0.717, 1.165) is 19.3 Å². The van der Waals surface area contributed by atoms with E-state index in [9.17, 15) is 14.4 Å². The second kappa shape index (κ2) is 11.2. The van der Waals surface area contributed by atoms with Crippen molar-refractivity contribution in [3.05, 3.63) is 23.8 Å². The third-order valence-electron chi connectivity index (χ3n) is 5.79. The Labute approximate surface area is 189 Å². The second-order valence-electron chi connectivity index (χ2n) is 8.31. The normalized spacial score (nSPS) is 22.5. The number of likely N-dealkylation sites (N-methyl/N-ethyl adjacent to an activating group) is 1. The Morgan fingerprint density at radius 1 is 1.12 bits per heavy atom. The zero-order valence-electron chi connectivity index (χ0n) is 19.1. The lowest BCUT2D eigenvalue weighted by Gasteiger charge is -2.42. The topological polar surface area (TPSA) is 109 Å². The number of rotatable bonds is 7. The van der Waals surface area contributed by atoms with Crippen LogP contribution in [0.2, 0.25) is 0 Å². The smallest absolute Gasteiger partial charge is 0.319 e. The Morgan fingerprint density at radius 2 is 1.88 bits per heavy atom. The third-order valence-corrected chi connectivity index (χ3v) is 5.79. The van der Waals surface area contributed by atoms with Crippen LogP contribution in [0, 0.1) is 0 Å². The number of carbonyl (C=O) groups excluding carboxylic acids is 3. The molecule has 3 rings (SSSR count). The van der Waals surface area contributed by atoms with Gasteiger partial charge in [0.15, 0.2) is 0 Å². The van der Waals surface area contributed by atoms with Crippen molar-refractivity contribution < 1.29 is 23.9 Å². The number of carbonyl (C=O) groups is 3. The van der Waals surface area contributed by atoms with Gasteiger partial charge in [-0.05, 0) is 43.9 Å². The molecule has 9 heteroatoms. The molecule has 0 unspecified atom stereocenters. The standard InChI is InChI=1S/C23H34N4O5/c1-4-10-24-21(28)13-16-7-8-18-20(32-16)14-31-19-9-6-15(26-23(30)25-11-5-2)12-17(19)22(29)27(18)3/h6,9,12,16,18,20H,4-5,7-8,10-11,13-14H2,1-3H3,(H,24,28)(H2,25,26,30)/t16-,18-,20-/m1/s1. The minimum atomic E-state index is -0.313. The quantitative estimate of drug-likeness (QED) is 0.596. The molecule has 3 N–H and O–H groups in total. The summed E-state index contributed by atoms with van der Waals surface area (Å²) in [5, 5.41) is 8.39. The highest BCUT2D eigenvalue weighted by Crippen LogP contribution is 2.32. The maximum atomic E-state index is 13.2. The van der Waals surface area contributed by atoms with Crippen LogP contribution in [-0.2, 0) is 9.53 Å². The van der Waals surface area contributed by atoms with E-state index in [1.807, 2.05) is 13.8 Å². The average Bonchev–Trinajstić information content (AvgIpc) is 2.79. The molecule has 1 saturated heterocycles. The summed E-state index contributed by atoms with van der Waals surface area (Å²) >= 11 is 0. The van der Waals surface area contributed by atoms with E-state index in [1.165, 1.54) is 0 Å². The summed E-state index contributed by atoms with van der Waals surface area (Å²) in [5.41, 5.74) is 0.929. The van der Waals surface area contributed by atoms with Crippen LogP contribution in [0.4, 0.5) is 10.5 Å². The van der Waals surface area contributed by atoms with Gasteiger partial charge in [-0.3, -0.25) is 9.59 Å². The van der Waals surface area contributed by atoms with Crippen LogP contribution in [0.25, 0.3) is 0 Å². The second-order valence-corrected chi connectivity index (χ2v) is 8.31. The highest BCUT2D eigenvalue weighted by atomic mass is 16.5. The molecule has 0 spiro atoms. The summed E-state index contributed by atoms with van der Waals surface area (Å²) in [6.07, 6.45) is 2.97. The summed E-state index contributed by atoms with van der Waals surface area (Å²) in [6, 6.07) is 4.59. The molecule has 0 radical (unpaired) electrons. The van der Waals surface area contributed by atoms with E-state index < -0.39 is 0 Å². The van der Waals surface area contributed by atoms with Gasteiger partial charge in [0, 0.05) is 25.8 Å². The molecule has 2 heterocycles. The summed E-state index contributed by atoms with van der Waals surface area (Å²) in [6.45, 7) is 5.51. The Hall–Kier alpha value is -2.81. The Kier molecular flexibility index (Phi) is 8.33. The molecule has 3 atom stereocenters. The van der Waals surface area contributed by atoms with E-state index >= 15 is 0 Å². The van der Waals surface area contributed by atoms with Crippen LogP contribution >= 0.6 is 0 Å². The van der Waals surface area contributed by atoms with Gasteiger partial charge < -0.3 is 30.3 Å². The zero-order valence-corrected chi connectivity index (χ0v) is 19.1. The lowest BCUT2D eigenvalue weighted by molar-refractivity contribution is -0.134. The first-order valence-electron chi connectivity index (χ1n) is 11.4. The van der Waals surface area contributed by atoms with Gasteiger partial charge >= 0.3 is 6.03 Å². The van der Waals surface area contributed by atoms with Crippen LogP contribution in [0.5, 0.6) is 5.75 Å². The molecule has 4 amide bonds. The first kappa shape index (κ1) is 23.8. The van der Waals surface area contributed by atoms with Gasteiger partial charge in [0.25, 0.3) is 5.91 Å². The molecule has 1 fully saturated rings. The molecule has 1 aromatic carbocycles. The third kappa shape index (κ3) is 5.91. The van der Waals surface area contributed by atoms with Crippen molar-refractivity contribution in [1.82, 2.24) is 15.5 Å². The van der Waals surface area contributed by atoms with Gasteiger partial charge in [-0.25, -0.2) is 4.79 Å². The van der Waals surface area contributed by atoms with Gasteiger partial charge in [0.2, 0.25) is 5.91 Å². The predicted octanol–water partition coefficient (Wildman–Crippen LogP) is 2.51. The van der Waals surface area contributed by atoms with Crippen LogP contribution in [0.15, 0.2) is 18.2 Å². The first-order valence-corrected chi connectivity index (χ1v) is 11.4. The molecule has 9 nitrogen and oxygen atoms in total. The molecule has 176 valence electrons. The van der Waals surface area contributed by atoms with Crippen molar-refractivity contribution in [3.63, 3.8) is 0 Å². The number of benzene rings is 1. The fourth-order valence-electron chi connectivity index (χ4n) is 4.06. The number of nitrogens with zero attached hydrogens (tertiary/aromatic N) is 1. The number of hydrogen-bond acceptors (Lipinski definition) is 5. The Bertz CT molecular complexity index is 831. The van der Waals surface area contributed by atoms with Crippen molar-refractivity contribution in [3.8, 4) is 5.75 Å². The lowest BCUT2D eigenvalue weighted by atomic mass is 9.94. The van der Waals surface area contributed by atoms with Gasteiger partial charge in [0.05, 0.1) is 24.1 Å². The van der Waals surface area contributed by atoms with Gasteiger partial charge in [0.1, 0.15) is 18.5 Å². The fraction of sp³-hybridized carbons (Fsp3) is 0.609. The number of fused-ring (bicyclic) bond motifs is 2. The number of hydrogen-bond donors (Lipinski definition) is 3. The molecule has 0 saturated carbocycles. The number of urea groups is 1. The molecule has 1 aromatic rings. The lowest BCUT2D eigenvalue weighted by Crippen LogP contribution is -2.54. The van der Waals surface area contributed by atoms with E-state index in [2.05, 4.69) is 16.0 Å². The van der Waals surface area contributed by atoms with Crippen LogP contribution in [0.3, 0.4) is 0 Å². The van der Waals surface area contributed by atoms with Crippen molar-refractivity contribution >= 4 is 23.5 Å². The molecular weight excluding hydrogens is 412 g/mol. The molecule has 0 bridgehead atoms. The maximum Gasteiger partial charge on any atom is 0.319 e. The molecule has 0 aromatic heterocycles. The van der Waals surface area contributed by atoms with E-state index in [1.54, 1.807) is 30.1 Å². The largest absolute Gasteiger partial charge is 0.490 e. The highest BCUT2D eigenvalue weighted by Gasteiger charge is 2.39. The first-order chi connectivity index (χ1) is 15.4. The summed E-state index contributed by atoms with van der Waals surface area (Å²) in [5.74, 6) is 0.251. The van der Waals surface area contributed by atoms with E-state index in [-0.39, 0.29) is 42.7 Å².